The topological polar surface area (TPSA) is 36.7 Å². The van der Waals surface area contributed by atoms with Gasteiger partial charge < -0.3 is 0 Å². The van der Waals surface area contributed by atoms with Crippen LogP contribution >= 0.6 is 50.9 Å². The van der Waals surface area contributed by atoms with Gasteiger partial charge in [-0.15, -0.1) is 0 Å². The summed E-state index contributed by atoms with van der Waals surface area (Å²) in [5, 5.41) is 11.7. The van der Waals surface area contributed by atoms with Gasteiger partial charge in [0.05, 0.1) is 11.3 Å². The fourth-order valence-electron chi connectivity index (χ4n) is 3.11. The van der Waals surface area contributed by atoms with Gasteiger partial charge in [-0.2, -0.15) is 5.26 Å². The van der Waals surface area contributed by atoms with E-state index in [-0.39, 0.29) is 0 Å². The molecule has 2 nitrogen and oxygen atoms in total. The van der Waals surface area contributed by atoms with Gasteiger partial charge in [-0.3, -0.25) is 0 Å². The molecule has 4 rings (SSSR count). The van der Waals surface area contributed by atoms with E-state index in [0.29, 0.717) is 20.6 Å². The molecule has 1 aromatic heterocycles. The van der Waals surface area contributed by atoms with Crippen LogP contribution in [0, 0.1) is 18.3 Å². The molecule has 152 valence electrons. The van der Waals surface area contributed by atoms with Gasteiger partial charge in [0.2, 0.25) is 0 Å². The van der Waals surface area contributed by atoms with Gasteiger partial charge in [0.1, 0.15) is 11.1 Å². The molecule has 0 saturated heterocycles. The van der Waals surface area contributed by atoms with Crippen molar-refractivity contribution >= 4 is 50.9 Å². The highest BCUT2D eigenvalue weighted by molar-refractivity contribution is 9.10. The Bertz CT molecular complexity index is 1300. The van der Waals surface area contributed by atoms with Crippen molar-refractivity contribution in [3.63, 3.8) is 0 Å². The molecule has 0 radical (unpaired) electrons. The van der Waals surface area contributed by atoms with E-state index in [9.17, 15) is 5.26 Å². The first-order chi connectivity index (χ1) is 14.9. The Labute approximate surface area is 204 Å². The van der Waals surface area contributed by atoms with Crippen LogP contribution in [0.25, 0.3) is 22.4 Å². The summed E-state index contributed by atoms with van der Waals surface area (Å²) in [7, 11) is 0. The highest BCUT2D eigenvalue weighted by Crippen LogP contribution is 2.40. The van der Waals surface area contributed by atoms with E-state index in [2.05, 4.69) is 22.0 Å². The van der Waals surface area contributed by atoms with Crippen molar-refractivity contribution in [1.29, 1.82) is 5.26 Å². The third kappa shape index (κ3) is 4.97. The van der Waals surface area contributed by atoms with Gasteiger partial charge in [0.25, 0.3) is 0 Å². The molecule has 0 fully saturated rings. The minimum atomic E-state index is 0.480. The minimum absolute atomic E-state index is 0.480. The fraction of sp³-hybridized carbons (Fsp3) is 0.0400. The lowest BCUT2D eigenvalue weighted by Crippen LogP contribution is -1.96. The highest BCUT2D eigenvalue weighted by atomic mass is 79.9. The van der Waals surface area contributed by atoms with E-state index in [1.54, 1.807) is 12.1 Å². The summed E-state index contributed by atoms with van der Waals surface area (Å²) in [5.74, 6) is 0. The van der Waals surface area contributed by atoms with E-state index in [1.165, 1.54) is 17.3 Å². The summed E-state index contributed by atoms with van der Waals surface area (Å²) >= 11 is 17.5. The van der Waals surface area contributed by atoms with Crippen molar-refractivity contribution in [1.82, 2.24) is 4.98 Å². The molecular formula is C25H15BrCl2N2S. The zero-order chi connectivity index (χ0) is 22.0. The summed E-state index contributed by atoms with van der Waals surface area (Å²) in [6.07, 6.45) is 0. The van der Waals surface area contributed by atoms with Crippen molar-refractivity contribution in [3.05, 3.63) is 98.4 Å². The van der Waals surface area contributed by atoms with Gasteiger partial charge >= 0.3 is 0 Å². The third-order valence-corrected chi connectivity index (χ3v) is 6.77. The molecule has 0 amide bonds. The van der Waals surface area contributed by atoms with Crippen molar-refractivity contribution in [3.8, 4) is 28.5 Å². The van der Waals surface area contributed by atoms with E-state index in [1.807, 2.05) is 67.6 Å². The number of halogens is 3. The monoisotopic (exact) mass is 524 g/mol. The van der Waals surface area contributed by atoms with Crippen LogP contribution in [0.4, 0.5) is 0 Å². The average Bonchev–Trinajstić information content (AvgIpc) is 2.75. The maximum Gasteiger partial charge on any atom is 0.120 e. The van der Waals surface area contributed by atoms with Crippen LogP contribution in [-0.4, -0.2) is 4.98 Å². The zero-order valence-electron chi connectivity index (χ0n) is 16.4. The quantitative estimate of drug-likeness (QED) is 0.267. The van der Waals surface area contributed by atoms with E-state index >= 15 is 0 Å². The first kappa shape index (κ1) is 21.9. The molecular weight excluding hydrogens is 511 g/mol. The smallest absolute Gasteiger partial charge is 0.120 e. The minimum Gasteiger partial charge on any atom is -0.240 e. The van der Waals surface area contributed by atoms with Crippen LogP contribution in [0.15, 0.2) is 87.2 Å². The molecule has 0 aliphatic heterocycles. The first-order valence-electron chi connectivity index (χ1n) is 9.35. The summed E-state index contributed by atoms with van der Waals surface area (Å²) in [5.41, 5.74) is 4.87. The van der Waals surface area contributed by atoms with Crippen LogP contribution in [0.5, 0.6) is 0 Å². The fourth-order valence-corrected chi connectivity index (χ4v) is 4.78. The molecule has 0 aliphatic rings. The van der Waals surface area contributed by atoms with Gasteiger partial charge in [0, 0.05) is 36.1 Å². The number of pyridine rings is 1. The molecule has 6 heteroatoms. The Morgan fingerprint density at radius 3 is 2.26 bits per heavy atom. The molecule has 0 N–H and O–H groups in total. The largest absolute Gasteiger partial charge is 0.240 e. The van der Waals surface area contributed by atoms with E-state index in [0.717, 1.165) is 31.8 Å². The van der Waals surface area contributed by atoms with Gasteiger partial charge in [0.15, 0.2) is 0 Å². The molecule has 1 heterocycles. The maximum atomic E-state index is 10.0. The predicted molar refractivity (Wildman–Crippen MR) is 133 cm³/mol. The summed E-state index contributed by atoms with van der Waals surface area (Å²) in [6.45, 7) is 2.05. The van der Waals surface area contributed by atoms with Gasteiger partial charge in [-0.25, -0.2) is 4.98 Å². The van der Waals surface area contributed by atoms with Gasteiger partial charge in [-0.05, 0) is 49.4 Å². The standard InChI is InChI=1S/C25H15BrCl2N2S/c1-15-2-4-16(5-3-15)24-13-21(20-11-8-18(27)12-23(20)28)22(14-29)25(30-24)31-19-9-6-17(26)7-10-19/h2-13H,1H3. The molecule has 0 spiro atoms. The second-order valence-electron chi connectivity index (χ2n) is 6.89. The van der Waals surface area contributed by atoms with Crippen molar-refractivity contribution in [2.75, 3.05) is 0 Å². The van der Waals surface area contributed by atoms with E-state index < -0.39 is 0 Å². The molecule has 0 aliphatic carbocycles. The van der Waals surface area contributed by atoms with E-state index in [4.69, 9.17) is 28.2 Å². The Morgan fingerprint density at radius 2 is 1.61 bits per heavy atom. The molecule has 0 unspecified atom stereocenters. The SMILES string of the molecule is Cc1ccc(-c2cc(-c3ccc(Cl)cc3Cl)c(C#N)c(Sc3ccc(Br)cc3)n2)cc1. The van der Waals surface area contributed by atoms with Crippen LogP contribution < -0.4 is 0 Å². The number of nitrogens with zero attached hydrogens (tertiary/aromatic N) is 2. The molecule has 0 bridgehead atoms. The van der Waals surface area contributed by atoms with Crippen molar-refractivity contribution in [2.45, 2.75) is 16.8 Å². The van der Waals surface area contributed by atoms with Crippen molar-refractivity contribution in [2.24, 2.45) is 0 Å². The predicted octanol–water partition coefficient (Wildman–Crippen LogP) is 8.82. The van der Waals surface area contributed by atoms with Gasteiger partial charge in [-0.1, -0.05) is 86.8 Å². The lowest BCUT2D eigenvalue weighted by atomic mass is 9.99. The number of rotatable bonds is 4. The average molecular weight is 526 g/mol. The number of hydrogen-bond donors (Lipinski definition) is 0. The second kappa shape index (κ2) is 9.46. The normalized spacial score (nSPS) is 10.7. The zero-order valence-corrected chi connectivity index (χ0v) is 20.3. The van der Waals surface area contributed by atoms with Crippen LogP contribution in [-0.2, 0) is 0 Å². The summed E-state index contributed by atoms with van der Waals surface area (Å²) < 4.78 is 0.993. The molecule has 0 saturated carbocycles. The highest BCUT2D eigenvalue weighted by Gasteiger charge is 2.18. The second-order valence-corrected chi connectivity index (χ2v) is 9.71. The molecule has 0 atom stereocenters. The number of aryl methyl sites for hydroxylation is 1. The van der Waals surface area contributed by atoms with Crippen LogP contribution in [0.1, 0.15) is 11.1 Å². The molecule has 31 heavy (non-hydrogen) atoms. The Kier molecular flexibility index (Phi) is 6.69. The lowest BCUT2D eigenvalue weighted by Gasteiger charge is -2.14. The number of aromatic nitrogens is 1. The first-order valence-corrected chi connectivity index (χ1v) is 11.7. The Morgan fingerprint density at radius 1 is 0.903 bits per heavy atom. The number of hydrogen-bond acceptors (Lipinski definition) is 3. The number of nitriles is 1. The van der Waals surface area contributed by atoms with Crippen molar-refractivity contribution < 1.29 is 0 Å². The lowest BCUT2D eigenvalue weighted by molar-refractivity contribution is 1.12. The summed E-state index contributed by atoms with van der Waals surface area (Å²) in [6, 6.07) is 25.6. The Hall–Kier alpha value is -2.29. The Balaban J connectivity index is 1.93. The van der Waals surface area contributed by atoms with Crippen LogP contribution in [0.3, 0.4) is 0 Å². The summed E-state index contributed by atoms with van der Waals surface area (Å²) in [4.78, 5) is 5.84. The number of benzene rings is 3. The molecule has 3 aromatic carbocycles. The molecule has 4 aromatic rings. The van der Waals surface area contributed by atoms with Crippen LogP contribution in [0.2, 0.25) is 10.0 Å². The maximum absolute atomic E-state index is 10.0. The third-order valence-electron chi connectivity index (χ3n) is 4.69.